The molecule has 0 spiro atoms. The lowest BCUT2D eigenvalue weighted by molar-refractivity contribution is 0.640. The Hall–Kier alpha value is -2.25. The molecular formula is C15H21N7. The van der Waals surface area contributed by atoms with Crippen LogP contribution in [0.3, 0.4) is 0 Å². The van der Waals surface area contributed by atoms with E-state index < -0.39 is 0 Å². The maximum absolute atomic E-state index is 6.09. The fourth-order valence-corrected chi connectivity index (χ4v) is 2.56. The number of nitrogens with one attached hydrogen (secondary N) is 1. The van der Waals surface area contributed by atoms with Gasteiger partial charge in [-0.2, -0.15) is 0 Å². The number of hydrogen-bond acceptors (Lipinski definition) is 6. The topological polar surface area (TPSA) is 107 Å². The first-order chi connectivity index (χ1) is 10.6. The van der Waals surface area contributed by atoms with Crippen molar-refractivity contribution in [3.8, 4) is 0 Å². The van der Waals surface area contributed by atoms with Gasteiger partial charge < -0.3 is 16.8 Å². The SMILES string of the molecule is Cc1ccc2nc(NC(N)CCCN)c3nnc(C)n3c2c1. The fraction of sp³-hybridized carbons (Fsp3) is 0.400. The summed E-state index contributed by atoms with van der Waals surface area (Å²) in [6.07, 6.45) is 1.44. The maximum Gasteiger partial charge on any atom is 0.204 e. The number of nitrogens with two attached hydrogens (primary N) is 2. The van der Waals surface area contributed by atoms with Crippen LogP contribution in [0, 0.1) is 13.8 Å². The fourth-order valence-electron chi connectivity index (χ4n) is 2.56. The number of aryl methyl sites for hydroxylation is 2. The van der Waals surface area contributed by atoms with Crippen LogP contribution < -0.4 is 16.8 Å². The van der Waals surface area contributed by atoms with Crippen LogP contribution in [0.2, 0.25) is 0 Å². The van der Waals surface area contributed by atoms with Gasteiger partial charge >= 0.3 is 0 Å². The lowest BCUT2D eigenvalue weighted by Crippen LogP contribution is -2.30. The molecule has 0 aliphatic carbocycles. The van der Waals surface area contributed by atoms with Gasteiger partial charge in [0.1, 0.15) is 5.82 Å². The monoisotopic (exact) mass is 299 g/mol. The molecule has 5 N–H and O–H groups in total. The smallest absolute Gasteiger partial charge is 0.204 e. The van der Waals surface area contributed by atoms with Gasteiger partial charge in [-0.25, -0.2) is 4.98 Å². The van der Waals surface area contributed by atoms with Gasteiger partial charge in [-0.05, 0) is 50.9 Å². The number of aromatic nitrogens is 4. The van der Waals surface area contributed by atoms with E-state index in [-0.39, 0.29) is 6.17 Å². The molecule has 3 aromatic rings. The van der Waals surface area contributed by atoms with E-state index in [0.717, 1.165) is 29.7 Å². The van der Waals surface area contributed by atoms with Crippen LogP contribution >= 0.6 is 0 Å². The second kappa shape index (κ2) is 5.86. The summed E-state index contributed by atoms with van der Waals surface area (Å²) in [6, 6.07) is 6.13. The van der Waals surface area contributed by atoms with Crippen LogP contribution in [0.1, 0.15) is 24.2 Å². The normalized spacial score (nSPS) is 12.9. The summed E-state index contributed by atoms with van der Waals surface area (Å²) in [5.74, 6) is 1.48. The molecule has 0 saturated heterocycles. The third kappa shape index (κ3) is 2.60. The zero-order chi connectivity index (χ0) is 15.7. The van der Waals surface area contributed by atoms with Crippen LogP contribution in [0.25, 0.3) is 16.7 Å². The number of fused-ring (bicyclic) bond motifs is 3. The van der Waals surface area contributed by atoms with Gasteiger partial charge in [0.25, 0.3) is 0 Å². The zero-order valence-electron chi connectivity index (χ0n) is 12.9. The molecule has 1 atom stereocenters. The average molecular weight is 299 g/mol. The van der Waals surface area contributed by atoms with Crippen LogP contribution in [-0.2, 0) is 0 Å². The first-order valence-electron chi connectivity index (χ1n) is 7.44. The van der Waals surface area contributed by atoms with E-state index in [1.165, 1.54) is 5.56 Å². The van der Waals surface area contributed by atoms with E-state index in [1.54, 1.807) is 0 Å². The molecule has 0 fully saturated rings. The second-order valence-corrected chi connectivity index (χ2v) is 5.54. The van der Waals surface area contributed by atoms with Gasteiger partial charge in [-0.1, -0.05) is 6.07 Å². The molecule has 0 radical (unpaired) electrons. The number of nitrogens with zero attached hydrogens (tertiary/aromatic N) is 4. The van der Waals surface area contributed by atoms with Gasteiger partial charge in [-0.3, -0.25) is 4.40 Å². The molecule has 3 rings (SSSR count). The Morgan fingerprint density at radius 3 is 2.86 bits per heavy atom. The quantitative estimate of drug-likeness (QED) is 0.613. The number of benzene rings is 1. The lowest BCUT2D eigenvalue weighted by atomic mass is 10.2. The Kier molecular flexibility index (Phi) is 3.91. The molecule has 0 saturated carbocycles. The highest BCUT2D eigenvalue weighted by Gasteiger charge is 2.14. The summed E-state index contributed by atoms with van der Waals surface area (Å²) >= 11 is 0. The summed E-state index contributed by atoms with van der Waals surface area (Å²) in [4.78, 5) is 4.66. The van der Waals surface area contributed by atoms with Gasteiger partial charge in [0.2, 0.25) is 5.65 Å². The number of hydrogen-bond donors (Lipinski definition) is 3. The highest BCUT2D eigenvalue weighted by Crippen LogP contribution is 2.22. The third-order valence-corrected chi connectivity index (χ3v) is 3.68. The van der Waals surface area contributed by atoms with Crippen molar-refractivity contribution in [2.45, 2.75) is 32.9 Å². The Morgan fingerprint density at radius 1 is 1.27 bits per heavy atom. The van der Waals surface area contributed by atoms with Crippen molar-refractivity contribution < 1.29 is 0 Å². The van der Waals surface area contributed by atoms with E-state index in [2.05, 4.69) is 33.5 Å². The molecule has 1 aromatic carbocycles. The Labute approximate surface area is 128 Å². The zero-order valence-corrected chi connectivity index (χ0v) is 12.9. The summed E-state index contributed by atoms with van der Waals surface area (Å²) in [5.41, 5.74) is 15.4. The van der Waals surface area contributed by atoms with Gasteiger partial charge in [-0.15, -0.1) is 10.2 Å². The van der Waals surface area contributed by atoms with Crippen molar-refractivity contribution in [3.05, 3.63) is 29.6 Å². The predicted octanol–water partition coefficient (Wildman–Crippen LogP) is 1.33. The highest BCUT2D eigenvalue weighted by molar-refractivity contribution is 5.83. The lowest BCUT2D eigenvalue weighted by Gasteiger charge is -2.15. The van der Waals surface area contributed by atoms with Crippen LogP contribution in [0.5, 0.6) is 0 Å². The van der Waals surface area contributed by atoms with Gasteiger partial charge in [0.05, 0.1) is 17.2 Å². The number of anilines is 1. The molecule has 116 valence electrons. The molecular weight excluding hydrogens is 278 g/mol. The molecule has 7 heteroatoms. The summed E-state index contributed by atoms with van der Waals surface area (Å²) in [7, 11) is 0. The minimum absolute atomic E-state index is 0.209. The standard InChI is InChI=1S/C15H21N7/c1-9-5-6-11-12(8-9)22-10(2)20-21-15(22)14(18-11)19-13(17)4-3-7-16/h5-6,8,13H,3-4,7,16-17H2,1-2H3,(H,18,19). The third-order valence-electron chi connectivity index (χ3n) is 3.68. The maximum atomic E-state index is 6.09. The molecule has 2 heterocycles. The van der Waals surface area contributed by atoms with Crippen LogP contribution in [0.4, 0.5) is 5.82 Å². The summed E-state index contributed by atoms with van der Waals surface area (Å²) in [6.45, 7) is 4.61. The molecule has 7 nitrogen and oxygen atoms in total. The first-order valence-corrected chi connectivity index (χ1v) is 7.44. The first kappa shape index (κ1) is 14.7. The molecule has 1 unspecified atom stereocenters. The van der Waals surface area contributed by atoms with Crippen LogP contribution in [-0.4, -0.2) is 32.3 Å². The highest BCUT2D eigenvalue weighted by atomic mass is 15.3. The molecule has 22 heavy (non-hydrogen) atoms. The van der Waals surface area contributed by atoms with Crippen molar-refractivity contribution in [1.82, 2.24) is 19.6 Å². The van der Waals surface area contributed by atoms with Crippen molar-refractivity contribution in [3.63, 3.8) is 0 Å². The van der Waals surface area contributed by atoms with Crippen molar-refractivity contribution in [2.75, 3.05) is 11.9 Å². The second-order valence-electron chi connectivity index (χ2n) is 5.54. The van der Waals surface area contributed by atoms with E-state index in [4.69, 9.17) is 11.5 Å². The summed E-state index contributed by atoms with van der Waals surface area (Å²) < 4.78 is 2.01. The van der Waals surface area contributed by atoms with Crippen LogP contribution in [0.15, 0.2) is 18.2 Å². The molecule has 0 amide bonds. The van der Waals surface area contributed by atoms with E-state index in [9.17, 15) is 0 Å². The Balaban J connectivity index is 2.11. The van der Waals surface area contributed by atoms with Crippen molar-refractivity contribution in [2.24, 2.45) is 11.5 Å². The van der Waals surface area contributed by atoms with Gasteiger partial charge in [0, 0.05) is 0 Å². The minimum Gasteiger partial charge on any atom is -0.352 e. The molecule has 0 aliphatic heterocycles. The van der Waals surface area contributed by atoms with E-state index >= 15 is 0 Å². The Morgan fingerprint density at radius 2 is 2.09 bits per heavy atom. The van der Waals surface area contributed by atoms with E-state index in [1.807, 2.05) is 23.5 Å². The van der Waals surface area contributed by atoms with Gasteiger partial charge in [0.15, 0.2) is 5.82 Å². The molecule has 2 aromatic heterocycles. The van der Waals surface area contributed by atoms with E-state index in [0.29, 0.717) is 18.0 Å². The largest absolute Gasteiger partial charge is 0.352 e. The number of rotatable bonds is 5. The van der Waals surface area contributed by atoms with Crippen molar-refractivity contribution in [1.29, 1.82) is 0 Å². The molecule has 0 aliphatic rings. The predicted molar refractivity (Wildman–Crippen MR) is 87.6 cm³/mol. The molecule has 0 bridgehead atoms. The summed E-state index contributed by atoms with van der Waals surface area (Å²) in [5, 5.41) is 11.6. The average Bonchev–Trinajstić information content (AvgIpc) is 2.88. The Bertz CT molecular complexity index is 808. The van der Waals surface area contributed by atoms with Crippen molar-refractivity contribution >= 4 is 22.5 Å². The minimum atomic E-state index is -0.209.